The highest BCUT2D eigenvalue weighted by molar-refractivity contribution is 6.16. The number of nitrogens with zero attached hydrogens (tertiary/aromatic N) is 3. The van der Waals surface area contributed by atoms with Crippen LogP contribution in [-0.4, -0.2) is 56.8 Å². The Labute approximate surface area is 153 Å². The van der Waals surface area contributed by atoms with Crippen LogP contribution in [0.5, 0.6) is 5.75 Å². The highest BCUT2D eigenvalue weighted by Crippen LogP contribution is 2.29. The Bertz CT molecular complexity index is 949. The van der Waals surface area contributed by atoms with Crippen LogP contribution in [-0.2, 0) is 16.1 Å². The van der Waals surface area contributed by atoms with Crippen LogP contribution in [0.15, 0.2) is 16.1 Å². The third-order valence-electron chi connectivity index (χ3n) is 5.05. The Morgan fingerprint density at radius 1 is 1.41 bits per heavy atom. The van der Waals surface area contributed by atoms with Gasteiger partial charge < -0.3 is 19.3 Å². The average molecular weight is 374 g/mol. The van der Waals surface area contributed by atoms with Gasteiger partial charge in [0, 0.05) is 12.2 Å². The molecule has 2 atom stereocenters. The fraction of sp³-hybridized carbons (Fsp3) is 0.471. The summed E-state index contributed by atoms with van der Waals surface area (Å²) in [5.74, 6) is -2.14. The van der Waals surface area contributed by atoms with Crippen LogP contribution < -0.4 is 10.9 Å². The van der Waals surface area contributed by atoms with E-state index in [0.29, 0.717) is 18.7 Å². The third kappa shape index (κ3) is 2.81. The number of hydrazone groups is 1. The van der Waals surface area contributed by atoms with Gasteiger partial charge >= 0.3 is 0 Å². The van der Waals surface area contributed by atoms with Crippen molar-refractivity contribution in [1.82, 2.24) is 14.9 Å². The molecule has 1 fully saturated rings. The average Bonchev–Trinajstić information content (AvgIpc) is 3.02. The number of hydrogen-bond donors (Lipinski definition) is 2. The molecule has 0 unspecified atom stereocenters. The molecule has 4 rings (SSSR count). The van der Waals surface area contributed by atoms with Gasteiger partial charge in [-0.15, -0.1) is 0 Å². The molecule has 2 N–H and O–H groups in total. The summed E-state index contributed by atoms with van der Waals surface area (Å²) < 4.78 is 7.04. The molecule has 0 bridgehead atoms. The molecule has 1 aromatic rings. The van der Waals surface area contributed by atoms with Gasteiger partial charge in [0.05, 0.1) is 37.3 Å². The van der Waals surface area contributed by atoms with Gasteiger partial charge in [0.1, 0.15) is 0 Å². The summed E-state index contributed by atoms with van der Waals surface area (Å²) in [6, 6.07) is -0.0776. The van der Waals surface area contributed by atoms with Crippen LogP contribution in [0.3, 0.4) is 0 Å². The number of aromatic hydroxyl groups is 1. The standard InChI is InChI=1S/C17H18N4O6/c1-8-2-3-27-13-7-20-6-10(11(22)4-9-5-12(23)19-18-9)15(24)16(25)14(20)17(26)21(8)13/h6,8,13,25H,2-5,7H2,1H3,(H,19,23)/t8-,13+/m1/s1. The number of aromatic nitrogens is 1. The zero-order chi connectivity index (χ0) is 19.3. The number of pyridine rings is 1. The van der Waals surface area contributed by atoms with E-state index in [1.807, 2.05) is 6.92 Å². The number of nitrogens with one attached hydrogen (secondary N) is 1. The lowest BCUT2D eigenvalue weighted by atomic mass is 10.0. The Balaban J connectivity index is 1.70. The maximum Gasteiger partial charge on any atom is 0.276 e. The van der Waals surface area contributed by atoms with Crippen LogP contribution in [0, 0.1) is 0 Å². The first kappa shape index (κ1) is 17.4. The summed E-state index contributed by atoms with van der Waals surface area (Å²) in [6.07, 6.45) is 1.20. The first-order chi connectivity index (χ1) is 12.9. The highest BCUT2D eigenvalue weighted by Gasteiger charge is 2.41. The van der Waals surface area contributed by atoms with E-state index in [-0.39, 0.29) is 42.6 Å². The molecule has 0 saturated carbocycles. The fourth-order valence-electron chi connectivity index (χ4n) is 3.65. The number of hydrogen-bond acceptors (Lipinski definition) is 7. The molecule has 3 aliphatic rings. The van der Waals surface area contributed by atoms with Crippen LogP contribution in [0.1, 0.15) is 47.0 Å². The lowest BCUT2D eigenvalue weighted by Gasteiger charge is -2.44. The molecule has 27 heavy (non-hydrogen) atoms. The summed E-state index contributed by atoms with van der Waals surface area (Å²) in [5.41, 5.74) is 1.27. The molecule has 10 heteroatoms. The second-order valence-corrected chi connectivity index (χ2v) is 6.89. The minimum atomic E-state index is -0.901. The molecular formula is C17H18N4O6. The molecule has 0 spiro atoms. The summed E-state index contributed by atoms with van der Waals surface area (Å²) in [4.78, 5) is 50.5. The minimum absolute atomic E-state index is 0.00869. The van der Waals surface area contributed by atoms with Gasteiger partial charge in [-0.3, -0.25) is 19.2 Å². The number of ether oxygens (including phenoxy) is 1. The SMILES string of the molecule is C[C@@H]1CCO[C@H]2Cn3cc(C(=O)CC4=NNC(=O)C4)c(=O)c(O)c3C(=O)N12. The third-order valence-corrected chi connectivity index (χ3v) is 5.05. The van der Waals surface area contributed by atoms with Crippen LogP contribution in [0.4, 0.5) is 0 Å². The summed E-state index contributed by atoms with van der Waals surface area (Å²) in [7, 11) is 0. The predicted octanol–water partition coefficient (Wildman–Crippen LogP) is -0.407. The van der Waals surface area contributed by atoms with Gasteiger partial charge in [0.2, 0.25) is 11.3 Å². The normalized spacial score (nSPS) is 24.2. The van der Waals surface area contributed by atoms with Gasteiger partial charge in [-0.25, -0.2) is 5.43 Å². The van der Waals surface area contributed by atoms with Crippen molar-refractivity contribution in [2.75, 3.05) is 6.61 Å². The van der Waals surface area contributed by atoms with Gasteiger partial charge in [-0.05, 0) is 13.3 Å². The second-order valence-electron chi connectivity index (χ2n) is 6.89. The zero-order valence-corrected chi connectivity index (χ0v) is 14.6. The van der Waals surface area contributed by atoms with E-state index in [1.54, 1.807) is 0 Å². The van der Waals surface area contributed by atoms with Crippen molar-refractivity contribution in [1.29, 1.82) is 0 Å². The molecule has 142 valence electrons. The second kappa shape index (κ2) is 6.31. The van der Waals surface area contributed by atoms with Crippen LogP contribution in [0.25, 0.3) is 0 Å². The van der Waals surface area contributed by atoms with Crippen LogP contribution in [0.2, 0.25) is 0 Å². The lowest BCUT2D eigenvalue weighted by Crippen LogP contribution is -2.57. The smallest absolute Gasteiger partial charge is 0.276 e. The molecule has 1 saturated heterocycles. The zero-order valence-electron chi connectivity index (χ0n) is 14.6. The Hall–Kier alpha value is -3.01. The van der Waals surface area contributed by atoms with E-state index < -0.39 is 29.1 Å². The molecule has 10 nitrogen and oxygen atoms in total. The summed E-state index contributed by atoms with van der Waals surface area (Å²) in [5, 5.41) is 14.1. The number of carbonyl (C=O) groups is 3. The molecular weight excluding hydrogens is 356 g/mol. The highest BCUT2D eigenvalue weighted by atomic mass is 16.5. The first-order valence-electron chi connectivity index (χ1n) is 8.65. The summed E-state index contributed by atoms with van der Waals surface area (Å²) in [6.45, 7) is 2.60. The summed E-state index contributed by atoms with van der Waals surface area (Å²) >= 11 is 0. The Kier molecular flexibility index (Phi) is 4.06. The van der Waals surface area contributed by atoms with E-state index in [2.05, 4.69) is 10.5 Å². The molecule has 0 radical (unpaired) electrons. The van der Waals surface area contributed by atoms with Gasteiger partial charge in [0.15, 0.2) is 23.5 Å². The van der Waals surface area contributed by atoms with E-state index in [9.17, 15) is 24.3 Å². The van der Waals surface area contributed by atoms with Crippen molar-refractivity contribution in [3.63, 3.8) is 0 Å². The van der Waals surface area contributed by atoms with E-state index in [4.69, 9.17) is 4.74 Å². The molecule has 0 aromatic carbocycles. The molecule has 4 heterocycles. The molecule has 0 aliphatic carbocycles. The molecule has 2 amide bonds. The number of ketones is 1. The fourth-order valence-corrected chi connectivity index (χ4v) is 3.65. The lowest BCUT2D eigenvalue weighted by molar-refractivity contribution is -0.119. The largest absolute Gasteiger partial charge is 0.503 e. The number of rotatable bonds is 3. The number of fused-ring (bicyclic) bond motifs is 2. The Morgan fingerprint density at radius 3 is 2.89 bits per heavy atom. The van der Waals surface area contributed by atoms with Crippen molar-refractivity contribution < 1.29 is 24.2 Å². The Morgan fingerprint density at radius 2 is 2.19 bits per heavy atom. The monoisotopic (exact) mass is 374 g/mol. The molecule has 3 aliphatic heterocycles. The van der Waals surface area contributed by atoms with E-state index in [0.717, 1.165) is 0 Å². The van der Waals surface area contributed by atoms with Crippen molar-refractivity contribution >= 4 is 23.3 Å². The first-order valence-corrected chi connectivity index (χ1v) is 8.65. The minimum Gasteiger partial charge on any atom is -0.503 e. The van der Waals surface area contributed by atoms with Gasteiger partial charge in [-0.2, -0.15) is 5.10 Å². The maximum absolute atomic E-state index is 12.8. The van der Waals surface area contributed by atoms with Crippen molar-refractivity contribution in [2.24, 2.45) is 5.10 Å². The number of amides is 2. The van der Waals surface area contributed by atoms with Crippen molar-refractivity contribution in [3.05, 3.63) is 27.7 Å². The molecule has 1 aromatic heterocycles. The van der Waals surface area contributed by atoms with E-state index in [1.165, 1.54) is 15.7 Å². The van der Waals surface area contributed by atoms with Gasteiger partial charge in [-0.1, -0.05) is 0 Å². The predicted molar refractivity (Wildman–Crippen MR) is 91.5 cm³/mol. The topological polar surface area (TPSA) is 130 Å². The van der Waals surface area contributed by atoms with Crippen molar-refractivity contribution in [3.8, 4) is 5.75 Å². The number of Topliss-reactive ketones (excluding diaryl/α,β-unsaturated/α-hetero) is 1. The van der Waals surface area contributed by atoms with Gasteiger partial charge in [0.25, 0.3) is 5.91 Å². The van der Waals surface area contributed by atoms with Crippen LogP contribution >= 0.6 is 0 Å². The quantitative estimate of drug-likeness (QED) is 0.692. The van der Waals surface area contributed by atoms with E-state index >= 15 is 0 Å². The van der Waals surface area contributed by atoms with Crippen molar-refractivity contribution in [2.45, 2.75) is 45.0 Å². The number of carbonyl (C=O) groups excluding carboxylic acids is 3. The maximum atomic E-state index is 12.8.